The van der Waals surface area contributed by atoms with Crippen LogP contribution < -0.4 is 9.80 Å². The average molecular weight is 386 g/mol. The Morgan fingerprint density at radius 1 is 0.607 bits per heavy atom. The summed E-state index contributed by atoms with van der Waals surface area (Å²) in [6.07, 6.45) is 0. The average Bonchev–Trinajstić information content (AvgIpc) is 2.74. The van der Waals surface area contributed by atoms with E-state index >= 15 is 0 Å². The second-order valence-corrected chi connectivity index (χ2v) is 7.59. The van der Waals surface area contributed by atoms with Crippen LogP contribution >= 0.6 is 0 Å². The standard InChI is InChI=1S/C22H28F2N4/c23-19-5-7-20(8-6-19)27-15-11-25(12-16-27)9-10-26-13-17-28(18-14-26)22-4-2-1-3-21(22)24/h1-8H,9-18H2. The minimum atomic E-state index is -0.183. The summed E-state index contributed by atoms with van der Waals surface area (Å²) in [6.45, 7) is 9.85. The Labute approximate surface area is 165 Å². The van der Waals surface area contributed by atoms with Gasteiger partial charge in [0.2, 0.25) is 0 Å². The Kier molecular flexibility index (Phi) is 6.07. The molecule has 2 heterocycles. The molecule has 0 aromatic heterocycles. The van der Waals surface area contributed by atoms with Gasteiger partial charge in [0, 0.05) is 71.1 Å². The smallest absolute Gasteiger partial charge is 0.146 e. The lowest BCUT2D eigenvalue weighted by molar-refractivity contribution is 0.190. The van der Waals surface area contributed by atoms with Crippen LogP contribution in [0.5, 0.6) is 0 Å². The molecule has 2 aliphatic rings. The van der Waals surface area contributed by atoms with Gasteiger partial charge in [0.15, 0.2) is 0 Å². The van der Waals surface area contributed by atoms with Gasteiger partial charge >= 0.3 is 0 Å². The fourth-order valence-electron chi connectivity index (χ4n) is 4.08. The van der Waals surface area contributed by atoms with Gasteiger partial charge in [0.05, 0.1) is 5.69 Å². The summed E-state index contributed by atoms with van der Waals surface area (Å²) in [4.78, 5) is 9.45. The van der Waals surface area contributed by atoms with Crippen molar-refractivity contribution in [1.29, 1.82) is 0 Å². The molecule has 0 radical (unpaired) electrons. The molecule has 0 unspecified atom stereocenters. The van der Waals surface area contributed by atoms with Crippen molar-refractivity contribution in [2.24, 2.45) is 0 Å². The maximum absolute atomic E-state index is 14.0. The molecule has 2 aliphatic heterocycles. The molecule has 2 saturated heterocycles. The third-order valence-electron chi connectivity index (χ3n) is 5.86. The number of hydrogen-bond acceptors (Lipinski definition) is 4. The molecule has 0 aliphatic carbocycles. The van der Waals surface area contributed by atoms with Crippen molar-refractivity contribution in [3.63, 3.8) is 0 Å². The molecule has 0 spiro atoms. The molecule has 28 heavy (non-hydrogen) atoms. The Hall–Kier alpha value is -2.18. The highest BCUT2D eigenvalue weighted by Crippen LogP contribution is 2.20. The molecule has 0 saturated carbocycles. The van der Waals surface area contributed by atoms with E-state index in [0.29, 0.717) is 0 Å². The highest BCUT2D eigenvalue weighted by atomic mass is 19.1. The van der Waals surface area contributed by atoms with Crippen LogP contribution in [0.4, 0.5) is 20.2 Å². The predicted molar refractivity (Wildman–Crippen MR) is 110 cm³/mol. The number of halogens is 2. The van der Waals surface area contributed by atoms with E-state index in [0.717, 1.165) is 76.8 Å². The first-order valence-corrected chi connectivity index (χ1v) is 10.1. The van der Waals surface area contributed by atoms with Crippen LogP contribution in [0, 0.1) is 11.6 Å². The van der Waals surface area contributed by atoms with Gasteiger partial charge in [-0.05, 0) is 36.4 Å². The Morgan fingerprint density at radius 2 is 1.14 bits per heavy atom. The van der Waals surface area contributed by atoms with Crippen molar-refractivity contribution >= 4 is 11.4 Å². The number of anilines is 2. The van der Waals surface area contributed by atoms with Gasteiger partial charge in [-0.15, -0.1) is 0 Å². The topological polar surface area (TPSA) is 13.0 Å². The highest BCUT2D eigenvalue weighted by Gasteiger charge is 2.21. The molecule has 4 rings (SSSR count). The third kappa shape index (κ3) is 4.62. The van der Waals surface area contributed by atoms with Crippen LogP contribution in [0.2, 0.25) is 0 Å². The SMILES string of the molecule is Fc1ccc(N2CCN(CCN3CCN(c4ccccc4F)CC3)CC2)cc1. The molecular weight excluding hydrogens is 358 g/mol. The van der Waals surface area contributed by atoms with Crippen LogP contribution in [0.1, 0.15) is 0 Å². The molecule has 0 bridgehead atoms. The molecular formula is C22H28F2N4. The van der Waals surface area contributed by atoms with Gasteiger partial charge in [-0.3, -0.25) is 9.80 Å². The van der Waals surface area contributed by atoms with Gasteiger partial charge < -0.3 is 9.80 Å². The van der Waals surface area contributed by atoms with Gasteiger partial charge in [0.1, 0.15) is 11.6 Å². The van der Waals surface area contributed by atoms with Crippen LogP contribution in [0.25, 0.3) is 0 Å². The molecule has 4 nitrogen and oxygen atoms in total. The zero-order valence-corrected chi connectivity index (χ0v) is 16.2. The number of para-hydroxylation sites is 1. The summed E-state index contributed by atoms with van der Waals surface area (Å²) in [6, 6.07) is 13.8. The predicted octanol–water partition coefficient (Wildman–Crippen LogP) is 2.91. The van der Waals surface area contributed by atoms with E-state index in [1.165, 1.54) is 18.2 Å². The molecule has 0 atom stereocenters. The molecule has 0 N–H and O–H groups in total. The Bertz CT molecular complexity index is 751. The van der Waals surface area contributed by atoms with E-state index in [9.17, 15) is 8.78 Å². The van der Waals surface area contributed by atoms with Crippen LogP contribution in [0.15, 0.2) is 48.5 Å². The maximum Gasteiger partial charge on any atom is 0.146 e. The van der Waals surface area contributed by atoms with E-state index in [-0.39, 0.29) is 11.6 Å². The van der Waals surface area contributed by atoms with Crippen molar-refractivity contribution in [2.75, 3.05) is 75.2 Å². The summed E-state index contributed by atoms with van der Waals surface area (Å²) < 4.78 is 27.0. The normalized spacial score (nSPS) is 19.2. The fraction of sp³-hybridized carbons (Fsp3) is 0.455. The quantitative estimate of drug-likeness (QED) is 0.783. The van der Waals surface area contributed by atoms with Gasteiger partial charge in [-0.1, -0.05) is 12.1 Å². The zero-order chi connectivity index (χ0) is 19.3. The summed E-state index contributed by atoms with van der Waals surface area (Å²) in [7, 11) is 0. The summed E-state index contributed by atoms with van der Waals surface area (Å²) in [5, 5.41) is 0. The molecule has 2 aromatic rings. The van der Waals surface area contributed by atoms with Gasteiger partial charge in [0.25, 0.3) is 0 Å². The molecule has 0 amide bonds. The van der Waals surface area contributed by atoms with E-state index in [1.54, 1.807) is 6.07 Å². The minimum absolute atomic E-state index is 0.130. The summed E-state index contributed by atoms with van der Waals surface area (Å²) in [5.74, 6) is -0.313. The zero-order valence-electron chi connectivity index (χ0n) is 16.2. The first-order chi connectivity index (χ1) is 13.7. The van der Waals surface area contributed by atoms with Crippen molar-refractivity contribution in [3.05, 3.63) is 60.2 Å². The third-order valence-corrected chi connectivity index (χ3v) is 5.86. The second-order valence-electron chi connectivity index (χ2n) is 7.59. The molecule has 2 fully saturated rings. The number of piperazine rings is 2. The van der Waals surface area contributed by atoms with Crippen LogP contribution in [-0.4, -0.2) is 75.2 Å². The first-order valence-electron chi connectivity index (χ1n) is 10.1. The molecule has 150 valence electrons. The Morgan fingerprint density at radius 3 is 1.71 bits per heavy atom. The lowest BCUT2D eigenvalue weighted by Gasteiger charge is -2.39. The van der Waals surface area contributed by atoms with Crippen molar-refractivity contribution in [3.8, 4) is 0 Å². The lowest BCUT2D eigenvalue weighted by Crippen LogP contribution is -2.51. The lowest BCUT2D eigenvalue weighted by atomic mass is 10.2. The monoisotopic (exact) mass is 386 g/mol. The van der Waals surface area contributed by atoms with E-state index in [4.69, 9.17) is 0 Å². The van der Waals surface area contributed by atoms with Crippen molar-refractivity contribution < 1.29 is 8.78 Å². The number of benzene rings is 2. The van der Waals surface area contributed by atoms with Crippen LogP contribution in [-0.2, 0) is 0 Å². The summed E-state index contributed by atoms with van der Waals surface area (Å²) >= 11 is 0. The summed E-state index contributed by atoms with van der Waals surface area (Å²) in [5.41, 5.74) is 1.82. The largest absolute Gasteiger partial charge is 0.369 e. The minimum Gasteiger partial charge on any atom is -0.369 e. The van der Waals surface area contributed by atoms with Crippen molar-refractivity contribution in [1.82, 2.24) is 9.80 Å². The fourth-order valence-corrected chi connectivity index (χ4v) is 4.08. The van der Waals surface area contributed by atoms with Gasteiger partial charge in [-0.2, -0.15) is 0 Å². The van der Waals surface area contributed by atoms with E-state index < -0.39 is 0 Å². The second kappa shape index (κ2) is 8.88. The number of rotatable bonds is 5. The van der Waals surface area contributed by atoms with Gasteiger partial charge in [-0.25, -0.2) is 8.78 Å². The maximum atomic E-state index is 14.0. The van der Waals surface area contributed by atoms with Crippen LogP contribution in [0.3, 0.4) is 0 Å². The van der Waals surface area contributed by atoms with Crippen molar-refractivity contribution in [2.45, 2.75) is 0 Å². The van der Waals surface area contributed by atoms with E-state index in [2.05, 4.69) is 19.6 Å². The van der Waals surface area contributed by atoms with E-state index in [1.807, 2.05) is 24.3 Å². The first kappa shape index (κ1) is 19.2. The highest BCUT2D eigenvalue weighted by molar-refractivity contribution is 5.48. The number of nitrogens with zero attached hydrogens (tertiary/aromatic N) is 4. The Balaban J connectivity index is 1.18. The number of hydrogen-bond donors (Lipinski definition) is 0. The molecule has 2 aromatic carbocycles. The molecule has 6 heteroatoms.